The van der Waals surface area contributed by atoms with Crippen LogP contribution < -0.4 is 10.1 Å². The molecule has 0 atom stereocenters. The molecule has 5 heteroatoms. The first-order valence-corrected chi connectivity index (χ1v) is 5.85. The van der Waals surface area contributed by atoms with Gasteiger partial charge in [-0.2, -0.15) is 0 Å². The van der Waals surface area contributed by atoms with E-state index in [1.54, 1.807) is 18.2 Å². The maximum absolute atomic E-state index is 11.8. The van der Waals surface area contributed by atoms with Gasteiger partial charge in [0.25, 0.3) is 5.91 Å². The first-order chi connectivity index (χ1) is 8.56. The topological polar surface area (TPSA) is 61.8 Å². The summed E-state index contributed by atoms with van der Waals surface area (Å²) in [6, 6.07) is 4.85. The van der Waals surface area contributed by atoms with Crippen LogP contribution in [0.3, 0.4) is 0 Å². The third-order valence-corrected chi connectivity index (χ3v) is 2.53. The number of carbonyl (C=O) groups excluding carboxylic acids is 1. The van der Waals surface area contributed by atoms with Crippen LogP contribution in [0.5, 0.6) is 11.5 Å². The van der Waals surface area contributed by atoms with Gasteiger partial charge < -0.3 is 20.1 Å². The summed E-state index contributed by atoms with van der Waals surface area (Å²) < 4.78 is 4.96. The fraction of sp³-hybridized carbons (Fsp3) is 0.462. The van der Waals surface area contributed by atoms with Gasteiger partial charge in [0.1, 0.15) is 0 Å². The predicted octanol–water partition coefficient (Wildman–Crippen LogP) is 1.08. The van der Waals surface area contributed by atoms with Crippen molar-refractivity contribution in [3.8, 4) is 11.5 Å². The van der Waals surface area contributed by atoms with Gasteiger partial charge in [-0.15, -0.1) is 0 Å². The maximum atomic E-state index is 11.8. The minimum absolute atomic E-state index is 0.120. The Kier molecular flexibility index (Phi) is 5.45. The van der Waals surface area contributed by atoms with Gasteiger partial charge >= 0.3 is 0 Å². The van der Waals surface area contributed by atoms with E-state index in [4.69, 9.17) is 4.74 Å². The van der Waals surface area contributed by atoms with Crippen molar-refractivity contribution in [1.29, 1.82) is 0 Å². The lowest BCUT2D eigenvalue weighted by Crippen LogP contribution is -2.27. The number of nitrogens with zero attached hydrogens (tertiary/aromatic N) is 1. The summed E-state index contributed by atoms with van der Waals surface area (Å²) in [7, 11) is 5.42. The van der Waals surface area contributed by atoms with E-state index in [0.717, 1.165) is 13.0 Å². The van der Waals surface area contributed by atoms with Crippen molar-refractivity contribution in [3.63, 3.8) is 0 Å². The monoisotopic (exact) mass is 252 g/mol. The number of benzene rings is 1. The van der Waals surface area contributed by atoms with E-state index >= 15 is 0 Å². The van der Waals surface area contributed by atoms with E-state index in [0.29, 0.717) is 12.3 Å². The predicted molar refractivity (Wildman–Crippen MR) is 70.2 cm³/mol. The van der Waals surface area contributed by atoms with Crippen LogP contribution >= 0.6 is 0 Å². The third-order valence-electron chi connectivity index (χ3n) is 2.53. The Morgan fingerprint density at radius 3 is 2.78 bits per heavy atom. The number of rotatable bonds is 6. The van der Waals surface area contributed by atoms with Crippen LogP contribution in [-0.4, -0.2) is 50.2 Å². The molecule has 100 valence electrons. The lowest BCUT2D eigenvalue weighted by Gasteiger charge is -2.11. The summed E-state index contributed by atoms with van der Waals surface area (Å²) in [5, 5.41) is 12.6. The van der Waals surface area contributed by atoms with Crippen molar-refractivity contribution >= 4 is 5.91 Å². The average Bonchev–Trinajstić information content (AvgIpc) is 2.34. The second-order valence-corrected chi connectivity index (χ2v) is 4.27. The van der Waals surface area contributed by atoms with Crippen LogP contribution in [0, 0.1) is 0 Å². The highest BCUT2D eigenvalue weighted by atomic mass is 16.5. The van der Waals surface area contributed by atoms with Gasteiger partial charge in [-0.3, -0.25) is 4.79 Å². The average molecular weight is 252 g/mol. The smallest absolute Gasteiger partial charge is 0.255 e. The molecule has 1 aromatic rings. The number of phenolic OH excluding ortho intramolecular Hbond substituents is 1. The number of hydrogen-bond acceptors (Lipinski definition) is 4. The minimum atomic E-state index is -0.287. The molecule has 0 aliphatic rings. The van der Waals surface area contributed by atoms with Crippen LogP contribution in [0.1, 0.15) is 16.8 Å². The summed E-state index contributed by atoms with van der Waals surface area (Å²) >= 11 is 0. The number of amides is 1. The van der Waals surface area contributed by atoms with Gasteiger partial charge in [0, 0.05) is 6.54 Å². The Hall–Kier alpha value is -1.75. The first-order valence-electron chi connectivity index (χ1n) is 5.85. The Labute approximate surface area is 107 Å². The summed E-state index contributed by atoms with van der Waals surface area (Å²) in [5.74, 6) is -0.105. The van der Waals surface area contributed by atoms with Gasteiger partial charge in [-0.1, -0.05) is 6.07 Å². The Morgan fingerprint density at radius 2 is 2.17 bits per heavy atom. The highest BCUT2D eigenvalue weighted by Crippen LogP contribution is 2.28. The Morgan fingerprint density at radius 1 is 1.44 bits per heavy atom. The number of carbonyl (C=O) groups is 1. The zero-order valence-corrected chi connectivity index (χ0v) is 11.1. The summed E-state index contributed by atoms with van der Waals surface area (Å²) in [5.41, 5.74) is 0.235. The molecule has 0 fully saturated rings. The van der Waals surface area contributed by atoms with E-state index < -0.39 is 0 Å². The molecule has 5 nitrogen and oxygen atoms in total. The van der Waals surface area contributed by atoms with E-state index in [9.17, 15) is 9.90 Å². The highest BCUT2D eigenvalue weighted by molar-refractivity contribution is 5.97. The molecule has 0 saturated heterocycles. The Balaban J connectivity index is 2.56. The van der Waals surface area contributed by atoms with Gasteiger partial charge in [0.15, 0.2) is 11.5 Å². The lowest BCUT2D eigenvalue weighted by atomic mass is 10.1. The number of para-hydroxylation sites is 1. The lowest BCUT2D eigenvalue weighted by molar-refractivity contribution is 0.0949. The fourth-order valence-electron chi connectivity index (χ4n) is 1.56. The normalized spacial score (nSPS) is 10.4. The second kappa shape index (κ2) is 6.86. The van der Waals surface area contributed by atoms with Gasteiger partial charge in [0.05, 0.1) is 12.7 Å². The molecule has 0 radical (unpaired) electrons. The minimum Gasteiger partial charge on any atom is -0.504 e. The van der Waals surface area contributed by atoms with E-state index in [2.05, 4.69) is 10.2 Å². The molecule has 18 heavy (non-hydrogen) atoms. The number of nitrogens with one attached hydrogen (secondary N) is 1. The standard InChI is InChI=1S/C13H20N2O3/c1-15(2)9-5-8-14-13(17)10-6-4-7-11(18-3)12(10)16/h4,6-7,16H,5,8-9H2,1-3H3,(H,14,17). The van der Waals surface area contributed by atoms with Crippen molar-refractivity contribution in [3.05, 3.63) is 23.8 Å². The molecule has 1 aromatic carbocycles. The number of aromatic hydroxyl groups is 1. The van der Waals surface area contributed by atoms with Crippen molar-refractivity contribution in [1.82, 2.24) is 10.2 Å². The van der Waals surface area contributed by atoms with E-state index in [-0.39, 0.29) is 17.2 Å². The third kappa shape index (κ3) is 3.92. The number of hydrogen-bond donors (Lipinski definition) is 2. The zero-order chi connectivity index (χ0) is 13.5. The van der Waals surface area contributed by atoms with Crippen LogP contribution in [0.25, 0.3) is 0 Å². The van der Waals surface area contributed by atoms with E-state index in [1.807, 2.05) is 14.1 Å². The van der Waals surface area contributed by atoms with Gasteiger partial charge in [-0.05, 0) is 39.2 Å². The molecular weight excluding hydrogens is 232 g/mol. The zero-order valence-electron chi connectivity index (χ0n) is 11.1. The Bertz CT molecular complexity index is 405. The van der Waals surface area contributed by atoms with Gasteiger partial charge in [-0.25, -0.2) is 0 Å². The molecule has 0 bridgehead atoms. The molecule has 0 aromatic heterocycles. The fourth-order valence-corrected chi connectivity index (χ4v) is 1.56. The second-order valence-electron chi connectivity index (χ2n) is 4.27. The van der Waals surface area contributed by atoms with Crippen molar-refractivity contribution in [2.24, 2.45) is 0 Å². The van der Waals surface area contributed by atoms with Crippen LogP contribution in [0.15, 0.2) is 18.2 Å². The van der Waals surface area contributed by atoms with Crippen LogP contribution in [0.4, 0.5) is 0 Å². The molecule has 0 aliphatic carbocycles. The highest BCUT2D eigenvalue weighted by Gasteiger charge is 2.13. The molecule has 0 heterocycles. The molecule has 0 saturated carbocycles. The summed E-state index contributed by atoms with van der Waals surface area (Å²) in [4.78, 5) is 13.9. The maximum Gasteiger partial charge on any atom is 0.255 e. The van der Waals surface area contributed by atoms with Crippen LogP contribution in [0.2, 0.25) is 0 Å². The summed E-state index contributed by atoms with van der Waals surface area (Å²) in [6.45, 7) is 1.48. The summed E-state index contributed by atoms with van der Waals surface area (Å²) in [6.07, 6.45) is 0.865. The molecule has 0 spiro atoms. The van der Waals surface area contributed by atoms with Crippen molar-refractivity contribution in [2.75, 3.05) is 34.3 Å². The molecule has 1 amide bonds. The van der Waals surface area contributed by atoms with Crippen LogP contribution in [-0.2, 0) is 0 Å². The molecule has 2 N–H and O–H groups in total. The van der Waals surface area contributed by atoms with E-state index in [1.165, 1.54) is 7.11 Å². The largest absolute Gasteiger partial charge is 0.504 e. The number of phenols is 1. The first kappa shape index (κ1) is 14.3. The quantitative estimate of drug-likeness (QED) is 0.744. The van der Waals surface area contributed by atoms with Crippen molar-refractivity contribution < 1.29 is 14.6 Å². The van der Waals surface area contributed by atoms with Gasteiger partial charge in [0.2, 0.25) is 0 Å². The number of ether oxygens (including phenoxy) is 1. The molecule has 0 unspecified atom stereocenters. The molecule has 1 rings (SSSR count). The molecule has 0 aliphatic heterocycles. The number of methoxy groups -OCH3 is 1. The van der Waals surface area contributed by atoms with Crippen molar-refractivity contribution in [2.45, 2.75) is 6.42 Å². The SMILES string of the molecule is COc1cccc(C(=O)NCCCN(C)C)c1O. The molecular formula is C13H20N2O3.